The van der Waals surface area contributed by atoms with Gasteiger partial charge >= 0.3 is 0 Å². The summed E-state index contributed by atoms with van der Waals surface area (Å²) >= 11 is 0. The second-order valence-corrected chi connectivity index (χ2v) is 6.36. The van der Waals surface area contributed by atoms with Crippen LogP contribution in [0.15, 0.2) is 6.20 Å². The fourth-order valence-corrected chi connectivity index (χ4v) is 3.83. The van der Waals surface area contributed by atoms with Crippen LogP contribution in [0, 0.1) is 0 Å². The van der Waals surface area contributed by atoms with Crippen LogP contribution in [0.3, 0.4) is 0 Å². The van der Waals surface area contributed by atoms with E-state index in [0.29, 0.717) is 6.04 Å². The first kappa shape index (κ1) is 13.2. The van der Waals surface area contributed by atoms with Gasteiger partial charge < -0.3 is 5.32 Å². The van der Waals surface area contributed by atoms with Crippen molar-refractivity contribution in [3.05, 3.63) is 17.5 Å². The molecule has 0 bridgehead atoms. The first-order valence-corrected chi connectivity index (χ1v) is 8.09. The predicted octanol–water partition coefficient (Wildman–Crippen LogP) is 3.15. The average Bonchev–Trinajstić information content (AvgIpc) is 2.95. The maximum atomic E-state index is 4.55. The van der Waals surface area contributed by atoms with Gasteiger partial charge in [-0.3, -0.25) is 4.68 Å². The molecule has 1 unspecified atom stereocenters. The zero-order valence-corrected chi connectivity index (χ0v) is 12.2. The summed E-state index contributed by atoms with van der Waals surface area (Å²) in [7, 11) is 2.12. The van der Waals surface area contributed by atoms with Gasteiger partial charge in [0.05, 0.1) is 6.20 Å². The summed E-state index contributed by atoms with van der Waals surface area (Å²) in [6.45, 7) is 1.20. The van der Waals surface area contributed by atoms with Crippen LogP contribution in [0.4, 0.5) is 0 Å². The van der Waals surface area contributed by atoms with Crippen LogP contribution in [-0.2, 0) is 13.5 Å². The lowest BCUT2D eigenvalue weighted by Crippen LogP contribution is -2.25. The molecule has 1 aromatic rings. The minimum atomic E-state index is 0.680. The Morgan fingerprint density at radius 3 is 2.63 bits per heavy atom. The normalized spacial score (nSPS) is 25.6. The van der Waals surface area contributed by atoms with E-state index in [1.807, 2.05) is 0 Å². The van der Waals surface area contributed by atoms with E-state index < -0.39 is 0 Å². The van der Waals surface area contributed by atoms with Gasteiger partial charge in [-0.1, -0.05) is 25.7 Å². The van der Waals surface area contributed by atoms with E-state index >= 15 is 0 Å². The maximum absolute atomic E-state index is 4.55. The summed E-state index contributed by atoms with van der Waals surface area (Å²) in [4.78, 5) is 0. The molecule has 1 N–H and O–H groups in total. The van der Waals surface area contributed by atoms with E-state index in [1.165, 1.54) is 70.0 Å². The van der Waals surface area contributed by atoms with Gasteiger partial charge in [-0.05, 0) is 43.7 Å². The SMILES string of the molecule is Cn1ncc(C2CCCCCC2)c1CC1CCCN1. The van der Waals surface area contributed by atoms with Crippen molar-refractivity contribution in [2.45, 2.75) is 69.7 Å². The van der Waals surface area contributed by atoms with Gasteiger partial charge in [-0.15, -0.1) is 0 Å². The molecule has 1 aromatic heterocycles. The molecule has 1 saturated carbocycles. The monoisotopic (exact) mass is 261 g/mol. The second-order valence-electron chi connectivity index (χ2n) is 6.36. The minimum Gasteiger partial charge on any atom is -0.314 e. The van der Waals surface area contributed by atoms with Crippen molar-refractivity contribution in [1.29, 1.82) is 0 Å². The third-order valence-corrected chi connectivity index (χ3v) is 4.99. The van der Waals surface area contributed by atoms with Crippen molar-refractivity contribution >= 4 is 0 Å². The highest BCUT2D eigenvalue weighted by atomic mass is 15.3. The van der Waals surface area contributed by atoms with Crippen LogP contribution < -0.4 is 5.32 Å². The van der Waals surface area contributed by atoms with Gasteiger partial charge in [0.25, 0.3) is 0 Å². The standard InChI is InChI=1S/C16H27N3/c1-19-16(11-14-9-6-10-17-14)15(12-18-19)13-7-4-2-3-5-8-13/h12-14,17H,2-11H2,1H3. The number of nitrogens with zero attached hydrogens (tertiary/aromatic N) is 2. The van der Waals surface area contributed by atoms with Crippen LogP contribution in [0.25, 0.3) is 0 Å². The predicted molar refractivity (Wildman–Crippen MR) is 78.4 cm³/mol. The molecule has 1 aliphatic heterocycles. The lowest BCUT2D eigenvalue weighted by atomic mass is 9.90. The van der Waals surface area contributed by atoms with E-state index in [1.54, 1.807) is 5.56 Å². The van der Waals surface area contributed by atoms with E-state index in [2.05, 4.69) is 28.3 Å². The third-order valence-electron chi connectivity index (χ3n) is 4.99. The molecule has 1 atom stereocenters. The summed E-state index contributed by atoms with van der Waals surface area (Å²) in [5, 5.41) is 8.18. The highest BCUT2D eigenvalue weighted by Gasteiger charge is 2.23. The molecule has 0 aromatic carbocycles. The van der Waals surface area contributed by atoms with E-state index in [9.17, 15) is 0 Å². The van der Waals surface area contributed by atoms with Gasteiger partial charge in [0, 0.05) is 25.2 Å². The van der Waals surface area contributed by atoms with Gasteiger partial charge in [0.2, 0.25) is 0 Å². The molecule has 1 saturated heterocycles. The molecule has 3 heteroatoms. The molecule has 3 rings (SSSR count). The molecule has 0 radical (unpaired) electrons. The molecule has 19 heavy (non-hydrogen) atoms. The summed E-state index contributed by atoms with van der Waals surface area (Å²) in [5.74, 6) is 0.771. The van der Waals surface area contributed by atoms with Crippen molar-refractivity contribution < 1.29 is 0 Å². The van der Waals surface area contributed by atoms with E-state index in [4.69, 9.17) is 0 Å². The average molecular weight is 261 g/mol. The van der Waals surface area contributed by atoms with Crippen LogP contribution in [-0.4, -0.2) is 22.4 Å². The Balaban J connectivity index is 1.76. The Morgan fingerprint density at radius 1 is 1.16 bits per heavy atom. The number of hydrogen-bond donors (Lipinski definition) is 1. The van der Waals surface area contributed by atoms with Crippen molar-refractivity contribution in [2.75, 3.05) is 6.54 Å². The highest BCUT2D eigenvalue weighted by molar-refractivity contribution is 5.24. The van der Waals surface area contributed by atoms with Crippen molar-refractivity contribution in [3.63, 3.8) is 0 Å². The second kappa shape index (κ2) is 6.08. The Bertz CT molecular complexity index is 396. The lowest BCUT2D eigenvalue weighted by Gasteiger charge is -2.17. The summed E-state index contributed by atoms with van der Waals surface area (Å²) in [6, 6.07) is 0.680. The van der Waals surface area contributed by atoms with Gasteiger partial charge in [-0.25, -0.2) is 0 Å². The number of nitrogens with one attached hydrogen (secondary N) is 1. The fourth-order valence-electron chi connectivity index (χ4n) is 3.83. The largest absolute Gasteiger partial charge is 0.314 e. The molecule has 106 valence electrons. The molecule has 1 aliphatic carbocycles. The summed E-state index contributed by atoms with van der Waals surface area (Å²) in [5.41, 5.74) is 3.05. The summed E-state index contributed by atoms with van der Waals surface area (Å²) in [6.07, 6.45) is 14.4. The van der Waals surface area contributed by atoms with Crippen LogP contribution in [0.5, 0.6) is 0 Å². The number of aromatic nitrogens is 2. The quantitative estimate of drug-likeness (QED) is 0.847. The molecule has 3 nitrogen and oxygen atoms in total. The summed E-state index contributed by atoms with van der Waals surface area (Å²) < 4.78 is 2.13. The van der Waals surface area contributed by atoms with Crippen molar-refractivity contribution in [3.8, 4) is 0 Å². The highest BCUT2D eigenvalue weighted by Crippen LogP contribution is 2.33. The van der Waals surface area contributed by atoms with Crippen molar-refractivity contribution in [2.24, 2.45) is 7.05 Å². The van der Waals surface area contributed by atoms with Gasteiger partial charge in [0.15, 0.2) is 0 Å². The topological polar surface area (TPSA) is 29.9 Å². The van der Waals surface area contributed by atoms with Crippen LogP contribution >= 0.6 is 0 Å². The molecule has 2 aliphatic rings. The Hall–Kier alpha value is -0.830. The van der Waals surface area contributed by atoms with Gasteiger partial charge in [0.1, 0.15) is 0 Å². The number of rotatable bonds is 3. The molecule has 2 fully saturated rings. The molecule has 2 heterocycles. The zero-order chi connectivity index (χ0) is 13.1. The number of aryl methyl sites for hydroxylation is 1. The molecule has 0 spiro atoms. The minimum absolute atomic E-state index is 0.680. The van der Waals surface area contributed by atoms with E-state index in [-0.39, 0.29) is 0 Å². The fraction of sp³-hybridized carbons (Fsp3) is 0.812. The molecular formula is C16H27N3. The Kier molecular flexibility index (Phi) is 4.21. The van der Waals surface area contributed by atoms with Crippen molar-refractivity contribution in [1.82, 2.24) is 15.1 Å². The smallest absolute Gasteiger partial charge is 0.0527 e. The van der Waals surface area contributed by atoms with Crippen LogP contribution in [0.1, 0.15) is 68.5 Å². The zero-order valence-electron chi connectivity index (χ0n) is 12.2. The first-order chi connectivity index (χ1) is 9.34. The molecular weight excluding hydrogens is 234 g/mol. The molecule has 0 amide bonds. The van der Waals surface area contributed by atoms with Gasteiger partial charge in [-0.2, -0.15) is 5.10 Å². The van der Waals surface area contributed by atoms with Crippen LogP contribution in [0.2, 0.25) is 0 Å². The maximum Gasteiger partial charge on any atom is 0.0527 e. The Morgan fingerprint density at radius 2 is 1.95 bits per heavy atom. The number of hydrogen-bond acceptors (Lipinski definition) is 2. The third kappa shape index (κ3) is 3.02. The van der Waals surface area contributed by atoms with E-state index in [0.717, 1.165) is 5.92 Å². The first-order valence-electron chi connectivity index (χ1n) is 8.09. The lowest BCUT2D eigenvalue weighted by molar-refractivity contribution is 0.547. The Labute approximate surface area is 116 Å².